The van der Waals surface area contributed by atoms with Crippen molar-refractivity contribution in [1.29, 1.82) is 0 Å². The van der Waals surface area contributed by atoms with Crippen molar-refractivity contribution in [2.75, 3.05) is 19.9 Å². The molecule has 5 heteroatoms. The van der Waals surface area contributed by atoms with E-state index in [-0.39, 0.29) is 18.9 Å². The summed E-state index contributed by atoms with van der Waals surface area (Å²) in [5.74, 6) is -0.728. The third-order valence-corrected chi connectivity index (χ3v) is 2.14. The topological polar surface area (TPSA) is 66.8 Å². The standard InChI is InChI=1S/C9H15NO4/c11-8-6-14-7-10(8)5-3-1-2-4-9(12)13/h1-7H2,(H,12,13). The van der Waals surface area contributed by atoms with E-state index in [2.05, 4.69) is 0 Å². The number of ether oxygens (including phenoxy) is 1. The Kier molecular flexibility index (Phi) is 4.39. The largest absolute Gasteiger partial charge is 0.481 e. The number of rotatable bonds is 6. The monoisotopic (exact) mass is 201 g/mol. The van der Waals surface area contributed by atoms with Gasteiger partial charge in [-0.15, -0.1) is 0 Å². The molecule has 0 spiro atoms. The first-order valence-corrected chi connectivity index (χ1v) is 4.77. The third kappa shape index (κ3) is 3.74. The second-order valence-electron chi connectivity index (χ2n) is 3.34. The van der Waals surface area contributed by atoms with Crippen LogP contribution in [0.25, 0.3) is 0 Å². The number of carboxylic acids is 1. The van der Waals surface area contributed by atoms with E-state index in [1.807, 2.05) is 0 Å². The van der Waals surface area contributed by atoms with E-state index in [9.17, 15) is 9.59 Å². The van der Waals surface area contributed by atoms with Gasteiger partial charge in [-0.25, -0.2) is 0 Å². The Bertz CT molecular complexity index is 217. The van der Waals surface area contributed by atoms with E-state index >= 15 is 0 Å². The fourth-order valence-electron chi connectivity index (χ4n) is 1.35. The predicted octanol–water partition coefficient (Wildman–Crippen LogP) is 0.448. The first-order valence-electron chi connectivity index (χ1n) is 4.77. The number of hydrogen-bond donors (Lipinski definition) is 1. The van der Waals surface area contributed by atoms with Gasteiger partial charge in [-0.05, 0) is 12.8 Å². The molecule has 0 saturated carbocycles. The van der Waals surface area contributed by atoms with E-state index in [0.29, 0.717) is 19.7 Å². The van der Waals surface area contributed by atoms with Gasteiger partial charge in [-0.3, -0.25) is 9.59 Å². The molecule has 1 saturated heterocycles. The SMILES string of the molecule is O=C(O)CCCCCN1COCC1=O. The summed E-state index contributed by atoms with van der Waals surface area (Å²) < 4.78 is 4.95. The summed E-state index contributed by atoms with van der Waals surface area (Å²) in [4.78, 5) is 22.9. The minimum atomic E-state index is -0.759. The Hall–Kier alpha value is -1.10. The molecule has 5 nitrogen and oxygen atoms in total. The highest BCUT2D eigenvalue weighted by Crippen LogP contribution is 2.06. The van der Waals surface area contributed by atoms with Gasteiger partial charge in [0.15, 0.2) is 0 Å². The summed E-state index contributed by atoms with van der Waals surface area (Å²) in [5.41, 5.74) is 0. The maximum Gasteiger partial charge on any atom is 0.303 e. The van der Waals surface area contributed by atoms with Crippen molar-refractivity contribution < 1.29 is 19.4 Å². The highest BCUT2D eigenvalue weighted by molar-refractivity contribution is 5.78. The zero-order valence-electron chi connectivity index (χ0n) is 8.07. The molecule has 1 rings (SSSR count). The van der Waals surface area contributed by atoms with Crippen LogP contribution in [0, 0.1) is 0 Å². The normalized spacial score (nSPS) is 16.3. The smallest absolute Gasteiger partial charge is 0.303 e. The van der Waals surface area contributed by atoms with Crippen LogP contribution in [0.3, 0.4) is 0 Å². The second-order valence-corrected chi connectivity index (χ2v) is 3.34. The molecule has 1 heterocycles. The number of carboxylic acid groups (broad SMARTS) is 1. The van der Waals surface area contributed by atoms with Crippen molar-refractivity contribution in [1.82, 2.24) is 4.90 Å². The molecule has 1 fully saturated rings. The van der Waals surface area contributed by atoms with Crippen molar-refractivity contribution in [3.63, 3.8) is 0 Å². The molecule has 14 heavy (non-hydrogen) atoms. The molecule has 0 unspecified atom stereocenters. The number of carbonyl (C=O) groups is 2. The molecule has 0 atom stereocenters. The van der Waals surface area contributed by atoms with Gasteiger partial charge in [0.05, 0.1) is 0 Å². The summed E-state index contributed by atoms with van der Waals surface area (Å²) in [5, 5.41) is 8.38. The van der Waals surface area contributed by atoms with Crippen molar-refractivity contribution in [3.05, 3.63) is 0 Å². The maximum atomic E-state index is 11.1. The highest BCUT2D eigenvalue weighted by atomic mass is 16.5. The van der Waals surface area contributed by atoms with Crippen molar-refractivity contribution >= 4 is 11.9 Å². The lowest BCUT2D eigenvalue weighted by Gasteiger charge is -2.12. The average Bonchev–Trinajstić information content (AvgIpc) is 2.51. The van der Waals surface area contributed by atoms with Gasteiger partial charge in [-0.2, -0.15) is 0 Å². The highest BCUT2D eigenvalue weighted by Gasteiger charge is 2.19. The summed E-state index contributed by atoms with van der Waals surface area (Å²) >= 11 is 0. The van der Waals surface area contributed by atoms with Gasteiger partial charge in [0.1, 0.15) is 13.3 Å². The second kappa shape index (κ2) is 5.59. The third-order valence-electron chi connectivity index (χ3n) is 2.14. The Morgan fingerprint density at radius 2 is 2.21 bits per heavy atom. The number of carbonyl (C=O) groups excluding carboxylic acids is 1. The molecule has 0 aromatic rings. The summed E-state index contributed by atoms with van der Waals surface area (Å²) in [6, 6.07) is 0. The minimum Gasteiger partial charge on any atom is -0.481 e. The van der Waals surface area contributed by atoms with Gasteiger partial charge in [0, 0.05) is 13.0 Å². The van der Waals surface area contributed by atoms with Crippen LogP contribution < -0.4 is 0 Å². The lowest BCUT2D eigenvalue weighted by atomic mass is 10.2. The van der Waals surface area contributed by atoms with Crippen LogP contribution in [0.5, 0.6) is 0 Å². The van der Waals surface area contributed by atoms with Crippen LogP contribution in [0.1, 0.15) is 25.7 Å². The molecular weight excluding hydrogens is 186 g/mol. The van der Waals surface area contributed by atoms with Crippen LogP contribution in [0.15, 0.2) is 0 Å². The summed E-state index contributed by atoms with van der Waals surface area (Å²) in [6.45, 7) is 1.26. The van der Waals surface area contributed by atoms with E-state index in [0.717, 1.165) is 12.8 Å². The Labute approximate surface area is 82.6 Å². The minimum absolute atomic E-state index is 0.0308. The Morgan fingerprint density at radius 1 is 1.43 bits per heavy atom. The van der Waals surface area contributed by atoms with E-state index in [1.165, 1.54) is 0 Å². The van der Waals surface area contributed by atoms with Gasteiger partial charge in [0.2, 0.25) is 5.91 Å². The maximum absolute atomic E-state index is 11.1. The van der Waals surface area contributed by atoms with Gasteiger partial charge in [0.25, 0.3) is 0 Å². The molecule has 0 aromatic heterocycles. The van der Waals surface area contributed by atoms with E-state index in [4.69, 9.17) is 9.84 Å². The van der Waals surface area contributed by atoms with E-state index in [1.54, 1.807) is 4.90 Å². The first-order chi connectivity index (χ1) is 6.70. The van der Waals surface area contributed by atoms with Crippen molar-refractivity contribution in [2.45, 2.75) is 25.7 Å². The van der Waals surface area contributed by atoms with Crippen LogP contribution >= 0.6 is 0 Å². The van der Waals surface area contributed by atoms with Crippen molar-refractivity contribution in [2.24, 2.45) is 0 Å². The van der Waals surface area contributed by atoms with Crippen LogP contribution in [-0.2, 0) is 14.3 Å². The number of hydrogen-bond acceptors (Lipinski definition) is 3. The summed E-state index contributed by atoms with van der Waals surface area (Å²) in [6.07, 6.45) is 2.58. The average molecular weight is 201 g/mol. The quantitative estimate of drug-likeness (QED) is 0.633. The van der Waals surface area contributed by atoms with Gasteiger partial charge in [-0.1, -0.05) is 6.42 Å². The number of amides is 1. The van der Waals surface area contributed by atoms with Gasteiger partial charge < -0.3 is 14.7 Å². The molecule has 80 valence electrons. The fraction of sp³-hybridized carbons (Fsp3) is 0.778. The number of aliphatic carboxylic acids is 1. The molecule has 0 aliphatic carbocycles. The van der Waals surface area contributed by atoms with Crippen molar-refractivity contribution in [3.8, 4) is 0 Å². The molecule has 1 aliphatic heterocycles. The van der Waals surface area contributed by atoms with Crippen LogP contribution in [0.4, 0.5) is 0 Å². The number of nitrogens with zero attached hydrogens (tertiary/aromatic N) is 1. The lowest BCUT2D eigenvalue weighted by molar-refractivity contribution is -0.137. The molecular formula is C9H15NO4. The lowest BCUT2D eigenvalue weighted by Crippen LogP contribution is -2.26. The Morgan fingerprint density at radius 3 is 2.79 bits per heavy atom. The predicted molar refractivity (Wildman–Crippen MR) is 48.6 cm³/mol. The molecule has 0 bridgehead atoms. The molecule has 1 aliphatic rings. The molecule has 1 N–H and O–H groups in total. The first kappa shape index (κ1) is 11.0. The molecule has 0 aromatic carbocycles. The van der Waals surface area contributed by atoms with Crippen LogP contribution in [0.2, 0.25) is 0 Å². The number of unbranched alkanes of at least 4 members (excludes halogenated alkanes) is 2. The molecule has 1 amide bonds. The van der Waals surface area contributed by atoms with Crippen LogP contribution in [-0.4, -0.2) is 41.8 Å². The van der Waals surface area contributed by atoms with E-state index < -0.39 is 5.97 Å². The zero-order valence-corrected chi connectivity index (χ0v) is 8.07. The fourth-order valence-corrected chi connectivity index (χ4v) is 1.35. The van der Waals surface area contributed by atoms with Gasteiger partial charge >= 0.3 is 5.97 Å². The summed E-state index contributed by atoms with van der Waals surface area (Å²) in [7, 11) is 0. The molecule has 0 radical (unpaired) electrons. The Balaban J connectivity index is 1.98. The zero-order chi connectivity index (χ0) is 10.4.